The molecule has 1 saturated heterocycles. The van der Waals surface area contributed by atoms with E-state index < -0.39 is 48.1 Å². The summed E-state index contributed by atoms with van der Waals surface area (Å²) in [4.78, 5) is 65.1. The Bertz CT molecular complexity index is 1410. The second-order valence-electron chi connectivity index (χ2n) is 9.16. The minimum Gasteiger partial charge on any atom is -0.394 e. The highest BCUT2D eigenvalue weighted by molar-refractivity contribution is 7.71. The minimum atomic E-state index is -1.50. The van der Waals surface area contributed by atoms with Gasteiger partial charge in [0.2, 0.25) is 11.8 Å². The topological polar surface area (TPSA) is 221 Å². The number of hydrogen-bond acceptors (Lipinski definition) is 10. The molecule has 2 amide bonds. The van der Waals surface area contributed by atoms with E-state index in [4.69, 9.17) is 17.0 Å². The van der Waals surface area contributed by atoms with Crippen molar-refractivity contribution in [1.82, 2.24) is 29.7 Å². The van der Waals surface area contributed by atoms with E-state index in [1.54, 1.807) is 6.92 Å². The molecule has 2 aromatic rings. The van der Waals surface area contributed by atoms with Crippen molar-refractivity contribution in [2.75, 3.05) is 19.7 Å². The Morgan fingerprint density at radius 3 is 2.33 bits per heavy atom. The number of nitrogens with one attached hydrogen (secondary N) is 4. The highest BCUT2D eigenvalue weighted by Gasteiger charge is 2.43. The van der Waals surface area contributed by atoms with Crippen LogP contribution >= 0.6 is 12.2 Å². The number of carbonyl (C=O) groups excluding carboxylic acids is 2. The number of aromatic nitrogens is 4. The number of rotatable bonds is 12. The number of hydrogen-bond donors (Lipinski definition) is 7. The first-order chi connectivity index (χ1) is 18.5. The number of aromatic amines is 2. The van der Waals surface area contributed by atoms with Gasteiger partial charge < -0.3 is 30.7 Å². The molecule has 0 unspecified atom stereocenters. The van der Waals surface area contributed by atoms with Crippen molar-refractivity contribution in [3.8, 4) is 0 Å². The van der Waals surface area contributed by atoms with Crippen LogP contribution in [0.25, 0.3) is 0 Å². The van der Waals surface area contributed by atoms with Crippen molar-refractivity contribution in [3.05, 3.63) is 59.5 Å². The van der Waals surface area contributed by atoms with E-state index >= 15 is 0 Å². The van der Waals surface area contributed by atoms with Crippen LogP contribution in [-0.2, 0) is 27.3 Å². The van der Waals surface area contributed by atoms with E-state index in [0.29, 0.717) is 36.1 Å². The maximum Gasteiger partial charge on any atom is 0.330 e. The zero-order valence-corrected chi connectivity index (χ0v) is 22.0. The number of aliphatic hydroxyl groups is 3. The van der Waals surface area contributed by atoms with Gasteiger partial charge in [-0.15, -0.1) is 0 Å². The number of carbonyl (C=O) groups is 2. The predicted molar refractivity (Wildman–Crippen MR) is 139 cm³/mol. The lowest BCUT2D eigenvalue weighted by molar-refractivity contribution is -0.122. The Hall–Kier alpha value is -3.44. The fourth-order valence-corrected chi connectivity index (χ4v) is 4.13. The molecule has 16 heteroatoms. The molecule has 214 valence electrons. The normalized spacial score (nSPS) is 20.6. The molecule has 15 nitrogen and oxygen atoms in total. The van der Waals surface area contributed by atoms with Crippen LogP contribution in [0, 0.1) is 11.6 Å². The molecule has 1 aliphatic rings. The molecule has 0 spiro atoms. The first-order valence-corrected chi connectivity index (χ1v) is 12.7. The summed E-state index contributed by atoms with van der Waals surface area (Å²) >= 11 is 4.98. The zero-order chi connectivity index (χ0) is 28.7. The van der Waals surface area contributed by atoms with Gasteiger partial charge in [-0.1, -0.05) is 12.2 Å². The lowest BCUT2D eigenvalue weighted by Crippen LogP contribution is -2.39. The molecule has 3 rings (SSSR count). The van der Waals surface area contributed by atoms with E-state index in [9.17, 15) is 39.3 Å². The van der Waals surface area contributed by atoms with Crippen LogP contribution < -0.4 is 27.6 Å². The first-order valence-electron chi connectivity index (χ1n) is 12.3. The molecule has 2 aromatic heterocycles. The molecule has 1 aliphatic heterocycles. The van der Waals surface area contributed by atoms with Crippen molar-refractivity contribution >= 4 is 24.0 Å². The molecular weight excluding hydrogens is 536 g/mol. The van der Waals surface area contributed by atoms with Gasteiger partial charge in [-0.25, -0.2) is 9.59 Å². The van der Waals surface area contributed by atoms with E-state index in [1.165, 1.54) is 10.8 Å². The number of nitrogens with zero attached hydrogens (tertiary/aromatic N) is 2. The number of amides is 2. The molecule has 4 atom stereocenters. The number of ether oxygens (including phenoxy) is 1. The Morgan fingerprint density at radius 1 is 1.03 bits per heavy atom. The van der Waals surface area contributed by atoms with Crippen molar-refractivity contribution in [1.29, 1.82) is 0 Å². The van der Waals surface area contributed by atoms with Crippen LogP contribution in [0.4, 0.5) is 0 Å². The molecule has 0 radical (unpaired) electrons. The van der Waals surface area contributed by atoms with E-state index in [2.05, 4.69) is 20.6 Å². The summed E-state index contributed by atoms with van der Waals surface area (Å²) in [5.41, 5.74) is -1.26. The summed E-state index contributed by atoms with van der Waals surface area (Å²) in [6.45, 7) is 1.69. The molecule has 3 heterocycles. The van der Waals surface area contributed by atoms with Crippen LogP contribution in [0.15, 0.2) is 26.8 Å². The summed E-state index contributed by atoms with van der Waals surface area (Å²) in [5.74, 6) is -0.671. The van der Waals surface area contributed by atoms with Gasteiger partial charge in [-0.2, -0.15) is 0 Å². The van der Waals surface area contributed by atoms with Crippen LogP contribution in [0.3, 0.4) is 0 Å². The van der Waals surface area contributed by atoms with Crippen molar-refractivity contribution in [2.45, 2.75) is 63.7 Å². The van der Waals surface area contributed by atoms with Crippen LogP contribution in [0.1, 0.15) is 36.6 Å². The fourth-order valence-electron chi connectivity index (χ4n) is 3.99. The van der Waals surface area contributed by atoms with Crippen LogP contribution in [0.2, 0.25) is 0 Å². The summed E-state index contributed by atoms with van der Waals surface area (Å²) in [7, 11) is 0. The maximum absolute atomic E-state index is 12.2. The van der Waals surface area contributed by atoms with Crippen LogP contribution in [-0.4, -0.2) is 84.2 Å². The molecular formula is C23H32N6O9S. The summed E-state index contributed by atoms with van der Waals surface area (Å²) in [6, 6.07) is 0. The SMILES string of the molecule is Cc1cn(CC(=O)NCCCCNC(=O)CCc2cn([C@@H]3O[C@H](CO)[C@@H](O)[C@H]3O)c(=O)[nH]c2=O)c(=O)[nH]c1=S. The Labute approximate surface area is 226 Å². The van der Waals surface area contributed by atoms with E-state index in [1.807, 2.05) is 0 Å². The third-order valence-corrected chi connectivity index (χ3v) is 6.63. The van der Waals surface area contributed by atoms with Gasteiger partial charge in [0.1, 0.15) is 29.5 Å². The third kappa shape index (κ3) is 7.79. The Morgan fingerprint density at radius 2 is 1.69 bits per heavy atom. The van der Waals surface area contributed by atoms with Gasteiger partial charge in [0.15, 0.2) is 6.23 Å². The van der Waals surface area contributed by atoms with E-state index in [-0.39, 0.29) is 36.8 Å². The highest BCUT2D eigenvalue weighted by Crippen LogP contribution is 2.28. The van der Waals surface area contributed by atoms with Gasteiger partial charge in [0.05, 0.1) is 6.61 Å². The van der Waals surface area contributed by atoms with Crippen molar-refractivity contribution < 1.29 is 29.6 Å². The highest BCUT2D eigenvalue weighted by atomic mass is 32.1. The molecule has 7 N–H and O–H groups in total. The van der Waals surface area contributed by atoms with Crippen molar-refractivity contribution in [3.63, 3.8) is 0 Å². The maximum atomic E-state index is 12.2. The third-order valence-electron chi connectivity index (χ3n) is 6.21. The number of aliphatic hydroxyl groups excluding tert-OH is 3. The number of aryl methyl sites for hydroxylation is 2. The Kier molecular flexibility index (Phi) is 10.5. The number of H-pyrrole nitrogens is 2. The monoisotopic (exact) mass is 568 g/mol. The Balaban J connectivity index is 1.40. The first kappa shape index (κ1) is 30.1. The lowest BCUT2D eigenvalue weighted by Gasteiger charge is -2.18. The lowest BCUT2D eigenvalue weighted by atomic mass is 10.1. The summed E-state index contributed by atoms with van der Waals surface area (Å²) in [6.07, 6.45) is -1.57. The van der Waals surface area contributed by atoms with Crippen molar-refractivity contribution in [2.24, 2.45) is 0 Å². The van der Waals surface area contributed by atoms with E-state index in [0.717, 1.165) is 10.8 Å². The quantitative estimate of drug-likeness (QED) is 0.104. The molecule has 0 aromatic carbocycles. The average molecular weight is 569 g/mol. The minimum absolute atomic E-state index is 0.00494. The second-order valence-corrected chi connectivity index (χ2v) is 9.56. The molecule has 39 heavy (non-hydrogen) atoms. The number of unbranched alkanes of at least 4 members (excludes halogenated alkanes) is 1. The van der Waals surface area contributed by atoms with Gasteiger partial charge in [-0.05, 0) is 26.2 Å². The fraction of sp³-hybridized carbons (Fsp3) is 0.565. The summed E-state index contributed by atoms with van der Waals surface area (Å²) in [5, 5.41) is 34.7. The van der Waals surface area contributed by atoms with Gasteiger partial charge >= 0.3 is 11.4 Å². The molecule has 0 saturated carbocycles. The smallest absolute Gasteiger partial charge is 0.330 e. The average Bonchev–Trinajstić information content (AvgIpc) is 3.17. The van der Waals surface area contributed by atoms with Gasteiger partial charge in [0.25, 0.3) is 5.56 Å². The summed E-state index contributed by atoms with van der Waals surface area (Å²) < 4.78 is 7.80. The molecule has 0 aliphatic carbocycles. The predicted octanol–water partition coefficient (Wildman–Crippen LogP) is -2.68. The van der Waals surface area contributed by atoms with Gasteiger partial charge in [0, 0.05) is 43.0 Å². The standard InChI is InChI=1S/C23H32N6O9S/c1-12-8-28(22(36)27-20(12)39)10-16(32)25-7-3-2-6-24-15(31)5-4-13-9-29(23(37)26-19(13)35)21-18(34)17(33)14(11-30)38-21/h8-9,14,17-18,21,30,33-34H,2-7,10-11H2,1H3,(H,24,31)(H,25,32)(H,26,35,37)(H,27,36,39)/t14-,17-,18-,21-/m1/s1. The van der Waals surface area contributed by atoms with Gasteiger partial charge in [-0.3, -0.25) is 33.5 Å². The molecule has 1 fully saturated rings. The zero-order valence-electron chi connectivity index (χ0n) is 21.2. The molecule has 0 bridgehead atoms. The second kappa shape index (κ2) is 13.6. The largest absolute Gasteiger partial charge is 0.394 e. The van der Waals surface area contributed by atoms with Crippen LogP contribution in [0.5, 0.6) is 0 Å².